The number of rotatable bonds is 4. The van der Waals surface area contributed by atoms with E-state index in [4.69, 9.17) is 14.8 Å². The third-order valence-electron chi connectivity index (χ3n) is 10.2. The van der Waals surface area contributed by atoms with Crippen LogP contribution in [0.1, 0.15) is 85.4 Å². The molecule has 1 N–H and O–H groups in total. The Bertz CT molecular complexity index is 2240. The number of aromatic amines is 1. The van der Waals surface area contributed by atoms with Crippen molar-refractivity contribution in [3.05, 3.63) is 100 Å². The number of pyridine rings is 1. The molecule has 6 rings (SSSR count). The fourth-order valence-corrected chi connectivity index (χ4v) is 9.40. The Hall–Kier alpha value is -4.71. The van der Waals surface area contributed by atoms with Crippen LogP contribution in [0.25, 0.3) is 22.4 Å². The lowest BCUT2D eigenvalue weighted by atomic mass is 9.75. The van der Waals surface area contributed by atoms with Crippen molar-refractivity contribution in [2.45, 2.75) is 65.2 Å². The zero-order valence-electron chi connectivity index (χ0n) is 29.9. The molecular formula is C39H44FN5O5S. The maximum absolute atomic E-state index is 15.8. The van der Waals surface area contributed by atoms with Gasteiger partial charge in [-0.15, -0.1) is 0 Å². The number of sulfone groups is 1. The highest BCUT2D eigenvalue weighted by atomic mass is 32.2. The highest BCUT2D eigenvalue weighted by Gasteiger charge is 2.36. The van der Waals surface area contributed by atoms with E-state index in [1.165, 1.54) is 25.4 Å². The maximum Gasteiger partial charge on any atom is 0.308 e. The number of fused-ring (bicyclic) bond motifs is 8. The molecule has 0 aliphatic carbocycles. The van der Waals surface area contributed by atoms with Crippen molar-refractivity contribution < 1.29 is 27.1 Å². The summed E-state index contributed by atoms with van der Waals surface area (Å²) in [6.45, 7) is 7.81. The minimum Gasteiger partial charge on any atom is -0.469 e. The summed E-state index contributed by atoms with van der Waals surface area (Å²) in [5.74, 6) is -1.23. The summed E-state index contributed by atoms with van der Waals surface area (Å²) in [5.41, 5.74) is 1.92. The third kappa shape index (κ3) is 7.37. The molecule has 4 bridgehead atoms. The number of carbonyl (C=O) groups excluding carboxylic acids is 2. The number of carbonyl (C=O) groups is 2. The van der Waals surface area contributed by atoms with Gasteiger partial charge in [0.05, 0.1) is 35.5 Å². The Balaban J connectivity index is 1.49. The number of hydrogen-bond acceptors (Lipinski definition) is 8. The van der Waals surface area contributed by atoms with E-state index < -0.39 is 32.3 Å². The number of esters is 1. The minimum atomic E-state index is -3.61. The molecule has 51 heavy (non-hydrogen) atoms. The molecule has 0 fully saturated rings. The van der Waals surface area contributed by atoms with Crippen molar-refractivity contribution in [3.8, 4) is 11.5 Å². The van der Waals surface area contributed by atoms with Crippen LogP contribution < -0.4 is 0 Å². The van der Waals surface area contributed by atoms with Crippen molar-refractivity contribution in [1.82, 2.24) is 24.7 Å². The van der Waals surface area contributed by atoms with Crippen molar-refractivity contribution in [2.75, 3.05) is 18.6 Å². The van der Waals surface area contributed by atoms with Gasteiger partial charge in [0.2, 0.25) is 0 Å². The van der Waals surface area contributed by atoms with E-state index in [9.17, 15) is 18.0 Å². The lowest BCUT2D eigenvalue weighted by molar-refractivity contribution is -0.144. The largest absolute Gasteiger partial charge is 0.469 e. The molecule has 0 unspecified atom stereocenters. The highest BCUT2D eigenvalue weighted by Crippen LogP contribution is 2.39. The van der Waals surface area contributed by atoms with Crippen LogP contribution >= 0.6 is 0 Å². The Morgan fingerprint density at radius 3 is 2.67 bits per heavy atom. The molecule has 3 aromatic heterocycles. The van der Waals surface area contributed by atoms with Gasteiger partial charge >= 0.3 is 5.97 Å². The van der Waals surface area contributed by atoms with Crippen LogP contribution in [-0.2, 0) is 44.7 Å². The monoisotopic (exact) mass is 713 g/mol. The molecule has 0 saturated heterocycles. The first kappa shape index (κ1) is 36.1. The topological polar surface area (TPSA) is 137 Å². The molecule has 0 saturated carbocycles. The summed E-state index contributed by atoms with van der Waals surface area (Å²) in [6.07, 6.45) is 5.51. The van der Waals surface area contributed by atoms with Gasteiger partial charge in [0.1, 0.15) is 11.5 Å². The van der Waals surface area contributed by atoms with Crippen LogP contribution in [0.15, 0.2) is 60.9 Å². The van der Waals surface area contributed by atoms with Crippen molar-refractivity contribution in [3.63, 3.8) is 0 Å². The van der Waals surface area contributed by atoms with Crippen LogP contribution in [-0.4, -0.2) is 63.5 Å². The first-order valence-corrected chi connectivity index (χ1v) is 19.0. The second-order valence-electron chi connectivity index (χ2n) is 14.8. The maximum atomic E-state index is 15.8. The number of halogens is 1. The van der Waals surface area contributed by atoms with Gasteiger partial charge in [0.15, 0.2) is 27.3 Å². The average Bonchev–Trinajstić information content (AvgIpc) is 3.72. The van der Waals surface area contributed by atoms with E-state index in [-0.39, 0.29) is 40.9 Å². The van der Waals surface area contributed by atoms with E-state index >= 15 is 4.39 Å². The first-order valence-electron chi connectivity index (χ1n) is 17.2. The molecule has 1 aliphatic rings. The summed E-state index contributed by atoms with van der Waals surface area (Å²) in [4.78, 5) is 38.9. The van der Waals surface area contributed by atoms with E-state index in [0.29, 0.717) is 59.5 Å². The standard InChI is InChI=1S/C39H44FN5O5S/c1-24(36(47)50-6)19-25-9-7-10-27(20-25)39(4)15-8-14-38(2,3)23-51(48,49)18-13-29-28-12-17-41-31(28)22-30(40)33(29)34(46)26-11-16-42-32(21-26)35-43-37(39)44-45(35)5/h7,9-12,16-17,20-22,24,41H,8,13-15,18-19,23H2,1-6H3/t24-,39+/m0/s1. The average molecular weight is 714 g/mol. The molecule has 2 aromatic carbocycles. The van der Waals surface area contributed by atoms with E-state index in [2.05, 4.69) is 23.0 Å². The molecule has 4 heterocycles. The number of nitrogens with one attached hydrogen (secondary N) is 1. The predicted octanol–water partition coefficient (Wildman–Crippen LogP) is 6.55. The number of nitrogens with zero attached hydrogens (tertiary/aromatic N) is 4. The number of ketones is 1. The van der Waals surface area contributed by atoms with Gasteiger partial charge in [0.25, 0.3) is 0 Å². The van der Waals surface area contributed by atoms with Gasteiger partial charge in [0, 0.05) is 35.9 Å². The van der Waals surface area contributed by atoms with Crippen LogP contribution in [0, 0.1) is 17.2 Å². The molecule has 0 amide bonds. The molecule has 0 spiro atoms. The van der Waals surface area contributed by atoms with Gasteiger partial charge in [-0.25, -0.2) is 22.5 Å². The van der Waals surface area contributed by atoms with Crippen LogP contribution in [0.4, 0.5) is 4.39 Å². The van der Waals surface area contributed by atoms with Crippen molar-refractivity contribution in [2.24, 2.45) is 18.4 Å². The van der Waals surface area contributed by atoms with Gasteiger partial charge in [-0.2, -0.15) is 5.10 Å². The summed E-state index contributed by atoms with van der Waals surface area (Å²) in [5, 5.41) is 5.50. The number of aromatic nitrogens is 5. The van der Waals surface area contributed by atoms with Crippen molar-refractivity contribution in [1.29, 1.82) is 0 Å². The van der Waals surface area contributed by atoms with Gasteiger partial charge in [-0.3, -0.25) is 14.6 Å². The van der Waals surface area contributed by atoms with E-state index in [1.54, 1.807) is 30.1 Å². The zero-order chi connectivity index (χ0) is 36.7. The molecule has 0 radical (unpaired) electrons. The van der Waals surface area contributed by atoms with Crippen molar-refractivity contribution >= 4 is 32.5 Å². The highest BCUT2D eigenvalue weighted by molar-refractivity contribution is 7.91. The molecule has 12 heteroatoms. The SMILES string of the molecule is COC(=O)[C@@H](C)Cc1cccc([C@@]2(C)CCCC(C)(C)CS(=O)(=O)CCc3c(c(F)cc4[nH]ccc34)C(=O)c3ccnc(c3)-c3nc2nn3C)c1. The molecule has 5 aromatic rings. The Morgan fingerprint density at radius 2 is 1.90 bits per heavy atom. The number of methoxy groups -OCH3 is 1. The second kappa shape index (κ2) is 13.8. The fourth-order valence-electron chi connectivity index (χ4n) is 7.41. The van der Waals surface area contributed by atoms with Gasteiger partial charge < -0.3 is 9.72 Å². The smallest absolute Gasteiger partial charge is 0.308 e. The molecule has 10 nitrogen and oxygen atoms in total. The Kier molecular flexibility index (Phi) is 9.75. The summed E-state index contributed by atoms with van der Waals surface area (Å²) in [6, 6.07) is 14.2. The molecular weight excluding hydrogens is 670 g/mol. The molecule has 268 valence electrons. The van der Waals surface area contributed by atoms with Gasteiger partial charge in [-0.05, 0) is 79.0 Å². The van der Waals surface area contributed by atoms with Crippen LogP contribution in [0.2, 0.25) is 0 Å². The summed E-state index contributed by atoms with van der Waals surface area (Å²) >= 11 is 0. The molecule has 2 atom stereocenters. The molecule has 1 aliphatic heterocycles. The Labute approximate surface area is 297 Å². The summed E-state index contributed by atoms with van der Waals surface area (Å²) in [7, 11) is -0.463. The second-order valence-corrected chi connectivity index (χ2v) is 17.0. The zero-order valence-corrected chi connectivity index (χ0v) is 30.7. The van der Waals surface area contributed by atoms with E-state index in [0.717, 1.165) is 11.1 Å². The normalized spacial score (nSPS) is 19.9. The third-order valence-corrected chi connectivity index (χ3v) is 12.2. The van der Waals surface area contributed by atoms with E-state index in [1.807, 2.05) is 39.0 Å². The van der Waals surface area contributed by atoms with Gasteiger partial charge in [-0.1, -0.05) is 51.5 Å². The lowest BCUT2D eigenvalue weighted by Crippen LogP contribution is -2.29. The number of aryl methyl sites for hydroxylation is 2. The number of benzene rings is 2. The number of hydrogen-bond donors (Lipinski definition) is 1. The fraction of sp³-hybridized carbons (Fsp3) is 0.410. The minimum absolute atomic E-state index is 0.0147. The number of ether oxygens (including phenoxy) is 1. The Morgan fingerprint density at radius 1 is 1.12 bits per heavy atom. The first-order chi connectivity index (χ1) is 24.1. The number of H-pyrrole nitrogens is 1. The van der Waals surface area contributed by atoms with Crippen LogP contribution in [0.5, 0.6) is 0 Å². The predicted molar refractivity (Wildman–Crippen MR) is 194 cm³/mol. The van der Waals surface area contributed by atoms with Crippen LogP contribution in [0.3, 0.4) is 0 Å². The summed E-state index contributed by atoms with van der Waals surface area (Å²) < 4.78 is 49.8. The lowest BCUT2D eigenvalue weighted by Gasteiger charge is -2.31. The quantitative estimate of drug-likeness (QED) is 0.207.